The molecule has 2 heterocycles. The molecule has 1 aromatic rings. The molecule has 0 spiro atoms. The standard InChI is InChI=1S/C17H25N3O/c1-13-4-2-3-5-14(13)10-19-17(21)12-20-15-6-7-16(20)11-18-9-8-15/h2-5,15-16,18H,6-12H2,1H3,(H,19,21)/t15-,16+/m1/s1. The van der Waals surface area contributed by atoms with Crippen molar-refractivity contribution in [2.24, 2.45) is 0 Å². The molecule has 0 radical (unpaired) electrons. The van der Waals surface area contributed by atoms with Crippen molar-refractivity contribution in [2.45, 2.75) is 44.8 Å². The Morgan fingerprint density at radius 2 is 2.10 bits per heavy atom. The zero-order chi connectivity index (χ0) is 14.7. The molecule has 0 saturated carbocycles. The van der Waals surface area contributed by atoms with Gasteiger partial charge in [0.25, 0.3) is 0 Å². The number of hydrogen-bond acceptors (Lipinski definition) is 3. The summed E-state index contributed by atoms with van der Waals surface area (Å²) in [5.74, 6) is 0.150. The van der Waals surface area contributed by atoms with Crippen LogP contribution < -0.4 is 10.6 Å². The third-order valence-corrected chi connectivity index (χ3v) is 4.87. The maximum Gasteiger partial charge on any atom is 0.234 e. The number of fused-ring (bicyclic) bond motifs is 2. The monoisotopic (exact) mass is 287 g/mol. The van der Waals surface area contributed by atoms with Crippen molar-refractivity contribution in [1.82, 2.24) is 15.5 Å². The molecule has 2 N–H and O–H groups in total. The third-order valence-electron chi connectivity index (χ3n) is 4.87. The summed E-state index contributed by atoms with van der Waals surface area (Å²) >= 11 is 0. The van der Waals surface area contributed by atoms with E-state index in [0.717, 1.165) is 13.1 Å². The molecule has 1 aromatic carbocycles. The SMILES string of the molecule is Cc1ccccc1CNC(=O)CN1[C@H]2CCNC[C@@H]1CC2. The molecule has 2 saturated heterocycles. The normalized spacial score (nSPS) is 25.6. The quantitative estimate of drug-likeness (QED) is 0.881. The van der Waals surface area contributed by atoms with Gasteiger partial charge in [-0.15, -0.1) is 0 Å². The Balaban J connectivity index is 1.53. The molecule has 114 valence electrons. The summed E-state index contributed by atoms with van der Waals surface area (Å²) in [6.07, 6.45) is 3.64. The summed E-state index contributed by atoms with van der Waals surface area (Å²) in [7, 11) is 0. The van der Waals surface area contributed by atoms with Crippen LogP contribution >= 0.6 is 0 Å². The van der Waals surface area contributed by atoms with Crippen molar-refractivity contribution < 1.29 is 4.79 Å². The lowest BCUT2D eigenvalue weighted by molar-refractivity contribution is -0.123. The van der Waals surface area contributed by atoms with Gasteiger partial charge in [0.1, 0.15) is 0 Å². The van der Waals surface area contributed by atoms with E-state index in [1.165, 1.54) is 30.4 Å². The number of carbonyl (C=O) groups is 1. The molecule has 2 aliphatic rings. The van der Waals surface area contributed by atoms with E-state index in [4.69, 9.17) is 0 Å². The molecule has 2 atom stereocenters. The Morgan fingerprint density at radius 3 is 2.95 bits per heavy atom. The molecular weight excluding hydrogens is 262 g/mol. The van der Waals surface area contributed by atoms with E-state index in [9.17, 15) is 4.79 Å². The van der Waals surface area contributed by atoms with Gasteiger partial charge in [-0.3, -0.25) is 9.69 Å². The molecule has 2 aliphatic heterocycles. The number of aryl methyl sites for hydroxylation is 1. The first-order valence-corrected chi connectivity index (χ1v) is 8.01. The second-order valence-electron chi connectivity index (χ2n) is 6.25. The smallest absolute Gasteiger partial charge is 0.234 e. The summed E-state index contributed by atoms with van der Waals surface area (Å²) in [5.41, 5.74) is 2.43. The molecule has 4 heteroatoms. The number of hydrogen-bond donors (Lipinski definition) is 2. The van der Waals surface area contributed by atoms with Crippen LogP contribution in [0.15, 0.2) is 24.3 Å². The summed E-state index contributed by atoms with van der Waals surface area (Å²) < 4.78 is 0. The lowest BCUT2D eigenvalue weighted by Gasteiger charge is -2.26. The first-order valence-electron chi connectivity index (χ1n) is 8.01. The fourth-order valence-electron chi connectivity index (χ4n) is 3.56. The van der Waals surface area contributed by atoms with Crippen LogP contribution in [-0.4, -0.2) is 42.5 Å². The van der Waals surface area contributed by atoms with Crippen LogP contribution in [0.3, 0.4) is 0 Å². The Bertz CT molecular complexity index is 489. The Labute approximate surface area is 126 Å². The van der Waals surface area contributed by atoms with Crippen LogP contribution in [0.2, 0.25) is 0 Å². The van der Waals surface area contributed by atoms with Crippen LogP contribution in [-0.2, 0) is 11.3 Å². The number of nitrogens with zero attached hydrogens (tertiary/aromatic N) is 1. The minimum Gasteiger partial charge on any atom is -0.351 e. The number of amides is 1. The van der Waals surface area contributed by atoms with Gasteiger partial charge in [0, 0.05) is 25.2 Å². The van der Waals surface area contributed by atoms with E-state index in [2.05, 4.69) is 34.6 Å². The highest BCUT2D eigenvalue weighted by Gasteiger charge is 2.35. The predicted octanol–water partition coefficient (Wildman–Crippen LogP) is 1.44. The van der Waals surface area contributed by atoms with Crippen molar-refractivity contribution in [1.29, 1.82) is 0 Å². The van der Waals surface area contributed by atoms with Crippen molar-refractivity contribution in [2.75, 3.05) is 19.6 Å². The number of rotatable bonds is 4. The van der Waals surface area contributed by atoms with Crippen LogP contribution in [0.1, 0.15) is 30.4 Å². The van der Waals surface area contributed by atoms with Gasteiger partial charge in [-0.05, 0) is 43.9 Å². The third kappa shape index (κ3) is 3.44. The van der Waals surface area contributed by atoms with Gasteiger partial charge >= 0.3 is 0 Å². The highest BCUT2D eigenvalue weighted by molar-refractivity contribution is 5.78. The first-order chi connectivity index (χ1) is 10.2. The van der Waals surface area contributed by atoms with E-state index in [1.54, 1.807) is 0 Å². The van der Waals surface area contributed by atoms with Gasteiger partial charge in [-0.1, -0.05) is 24.3 Å². The maximum absolute atomic E-state index is 12.3. The molecule has 0 unspecified atom stereocenters. The largest absolute Gasteiger partial charge is 0.351 e. The molecule has 2 bridgehead atoms. The Hall–Kier alpha value is -1.39. The summed E-state index contributed by atoms with van der Waals surface area (Å²) in [4.78, 5) is 14.7. The molecule has 1 amide bonds. The molecule has 0 aromatic heterocycles. The van der Waals surface area contributed by atoms with Gasteiger partial charge in [-0.25, -0.2) is 0 Å². The molecule has 2 fully saturated rings. The maximum atomic E-state index is 12.3. The fourth-order valence-corrected chi connectivity index (χ4v) is 3.56. The highest BCUT2D eigenvalue weighted by atomic mass is 16.2. The van der Waals surface area contributed by atoms with Gasteiger partial charge in [0.05, 0.1) is 6.54 Å². The van der Waals surface area contributed by atoms with E-state index in [0.29, 0.717) is 25.2 Å². The van der Waals surface area contributed by atoms with Crippen LogP contribution in [0.25, 0.3) is 0 Å². The molecule has 21 heavy (non-hydrogen) atoms. The van der Waals surface area contributed by atoms with Crippen LogP contribution in [0.5, 0.6) is 0 Å². The highest BCUT2D eigenvalue weighted by Crippen LogP contribution is 2.27. The predicted molar refractivity (Wildman–Crippen MR) is 84.0 cm³/mol. The van der Waals surface area contributed by atoms with E-state index >= 15 is 0 Å². The average molecular weight is 287 g/mol. The van der Waals surface area contributed by atoms with Gasteiger partial charge < -0.3 is 10.6 Å². The van der Waals surface area contributed by atoms with E-state index in [-0.39, 0.29) is 5.91 Å². The second kappa shape index (κ2) is 6.58. The van der Waals surface area contributed by atoms with Crippen molar-refractivity contribution in [3.63, 3.8) is 0 Å². The van der Waals surface area contributed by atoms with Gasteiger partial charge in [0.15, 0.2) is 0 Å². The van der Waals surface area contributed by atoms with E-state index in [1.807, 2.05) is 12.1 Å². The molecular formula is C17H25N3O. The van der Waals surface area contributed by atoms with Gasteiger partial charge in [-0.2, -0.15) is 0 Å². The number of carbonyl (C=O) groups excluding carboxylic acids is 1. The lowest BCUT2D eigenvalue weighted by Crippen LogP contribution is -2.44. The molecule has 4 nitrogen and oxygen atoms in total. The topological polar surface area (TPSA) is 44.4 Å². The van der Waals surface area contributed by atoms with Crippen molar-refractivity contribution in [3.05, 3.63) is 35.4 Å². The van der Waals surface area contributed by atoms with Gasteiger partial charge in [0.2, 0.25) is 5.91 Å². The number of nitrogens with one attached hydrogen (secondary N) is 2. The van der Waals surface area contributed by atoms with E-state index < -0.39 is 0 Å². The second-order valence-corrected chi connectivity index (χ2v) is 6.25. The first kappa shape index (κ1) is 14.5. The average Bonchev–Trinajstić information content (AvgIpc) is 2.71. The Morgan fingerprint density at radius 1 is 1.29 bits per heavy atom. The number of benzene rings is 1. The molecule has 3 rings (SSSR count). The van der Waals surface area contributed by atoms with Crippen LogP contribution in [0, 0.1) is 6.92 Å². The minimum atomic E-state index is 0.150. The Kier molecular flexibility index (Phi) is 4.56. The zero-order valence-corrected chi connectivity index (χ0v) is 12.8. The minimum absolute atomic E-state index is 0.150. The van der Waals surface area contributed by atoms with Crippen LogP contribution in [0.4, 0.5) is 0 Å². The van der Waals surface area contributed by atoms with Crippen molar-refractivity contribution >= 4 is 5.91 Å². The summed E-state index contributed by atoms with van der Waals surface area (Å²) in [5, 5.41) is 6.55. The summed E-state index contributed by atoms with van der Waals surface area (Å²) in [6.45, 7) is 5.38. The lowest BCUT2D eigenvalue weighted by atomic mass is 10.1. The summed E-state index contributed by atoms with van der Waals surface area (Å²) in [6, 6.07) is 9.35. The van der Waals surface area contributed by atoms with Crippen molar-refractivity contribution in [3.8, 4) is 0 Å². The fraction of sp³-hybridized carbons (Fsp3) is 0.588. The zero-order valence-electron chi connectivity index (χ0n) is 12.8. The molecule has 0 aliphatic carbocycles.